The molecule has 0 saturated carbocycles. The van der Waals surface area contributed by atoms with E-state index in [9.17, 15) is 13.6 Å². The van der Waals surface area contributed by atoms with Crippen LogP contribution in [0, 0.1) is 11.6 Å². The lowest BCUT2D eigenvalue weighted by molar-refractivity contribution is -0.116. The van der Waals surface area contributed by atoms with Crippen LogP contribution in [0.3, 0.4) is 0 Å². The number of ketones is 1. The van der Waals surface area contributed by atoms with Crippen molar-refractivity contribution in [2.24, 2.45) is 0 Å². The van der Waals surface area contributed by atoms with Gasteiger partial charge in [-0.05, 0) is 25.5 Å². The van der Waals surface area contributed by atoms with Gasteiger partial charge in [-0.25, -0.2) is 8.78 Å². The van der Waals surface area contributed by atoms with Crippen molar-refractivity contribution in [3.63, 3.8) is 0 Å². The first kappa shape index (κ1) is 12.2. The number of rotatable bonds is 4. The van der Waals surface area contributed by atoms with Gasteiger partial charge >= 0.3 is 0 Å². The van der Waals surface area contributed by atoms with Gasteiger partial charge < -0.3 is 0 Å². The molecule has 0 aliphatic rings. The van der Waals surface area contributed by atoms with Crippen LogP contribution >= 0.6 is 11.8 Å². The number of halogens is 2. The smallest absolute Gasteiger partial charge is 0.143 e. The van der Waals surface area contributed by atoms with Crippen molar-refractivity contribution in [3.05, 3.63) is 29.8 Å². The number of hydrogen-bond acceptors (Lipinski definition) is 2. The SMILES string of the molecule is CCC(Sc1ccc(F)cc1F)C(C)=O. The van der Waals surface area contributed by atoms with E-state index in [1.807, 2.05) is 6.92 Å². The van der Waals surface area contributed by atoms with Crippen LogP contribution in [0.4, 0.5) is 8.78 Å². The summed E-state index contributed by atoms with van der Waals surface area (Å²) in [6.07, 6.45) is 0.636. The number of Topliss-reactive ketones (excluding diaryl/α,β-unsaturated/α-hetero) is 1. The van der Waals surface area contributed by atoms with Gasteiger partial charge in [-0.3, -0.25) is 4.79 Å². The van der Waals surface area contributed by atoms with E-state index in [-0.39, 0.29) is 11.0 Å². The third-order valence-corrected chi connectivity index (χ3v) is 3.52. The summed E-state index contributed by atoms with van der Waals surface area (Å²) in [5, 5.41) is -0.259. The van der Waals surface area contributed by atoms with E-state index < -0.39 is 11.6 Å². The third-order valence-electron chi connectivity index (χ3n) is 1.99. The fraction of sp³-hybridized carbons (Fsp3) is 0.364. The summed E-state index contributed by atoms with van der Waals surface area (Å²) in [6, 6.07) is 3.38. The summed E-state index contributed by atoms with van der Waals surface area (Å²) >= 11 is 1.14. The summed E-state index contributed by atoms with van der Waals surface area (Å²) in [4.78, 5) is 11.5. The fourth-order valence-corrected chi connectivity index (χ4v) is 2.14. The highest BCUT2D eigenvalue weighted by molar-refractivity contribution is 8.00. The Morgan fingerprint density at radius 2 is 2.13 bits per heavy atom. The monoisotopic (exact) mass is 230 g/mol. The number of thioether (sulfide) groups is 1. The van der Waals surface area contributed by atoms with Crippen LogP contribution in [0.5, 0.6) is 0 Å². The first-order chi connectivity index (χ1) is 7.04. The second-order valence-electron chi connectivity index (χ2n) is 3.20. The molecule has 82 valence electrons. The van der Waals surface area contributed by atoms with Crippen molar-refractivity contribution in [3.8, 4) is 0 Å². The molecular formula is C11H12F2OS. The molecule has 0 aliphatic heterocycles. The molecule has 4 heteroatoms. The minimum Gasteiger partial charge on any atom is -0.299 e. The van der Waals surface area contributed by atoms with Gasteiger partial charge in [0.05, 0.1) is 5.25 Å². The van der Waals surface area contributed by atoms with E-state index in [0.717, 1.165) is 17.8 Å². The summed E-state index contributed by atoms with van der Waals surface area (Å²) in [5.41, 5.74) is 0. The van der Waals surface area contributed by atoms with Crippen molar-refractivity contribution in [2.75, 3.05) is 0 Å². The van der Waals surface area contributed by atoms with Crippen LogP contribution in [0.2, 0.25) is 0 Å². The van der Waals surface area contributed by atoms with E-state index in [0.29, 0.717) is 11.3 Å². The maximum Gasteiger partial charge on any atom is 0.143 e. The summed E-state index contributed by atoms with van der Waals surface area (Å²) in [6.45, 7) is 3.34. The topological polar surface area (TPSA) is 17.1 Å². The first-order valence-electron chi connectivity index (χ1n) is 4.66. The molecule has 1 aromatic carbocycles. The Morgan fingerprint density at radius 3 is 2.60 bits per heavy atom. The average molecular weight is 230 g/mol. The molecule has 0 fully saturated rings. The molecule has 1 rings (SSSR count). The molecule has 0 bridgehead atoms. The van der Waals surface area contributed by atoms with Gasteiger partial charge in [-0.1, -0.05) is 6.92 Å². The highest BCUT2D eigenvalue weighted by atomic mass is 32.2. The largest absolute Gasteiger partial charge is 0.299 e. The zero-order chi connectivity index (χ0) is 11.4. The molecule has 0 amide bonds. The Kier molecular flexibility index (Phi) is 4.27. The predicted molar refractivity (Wildman–Crippen MR) is 57.0 cm³/mol. The van der Waals surface area contributed by atoms with Crippen molar-refractivity contribution in [1.82, 2.24) is 0 Å². The van der Waals surface area contributed by atoms with E-state index in [1.54, 1.807) is 0 Å². The lowest BCUT2D eigenvalue weighted by Gasteiger charge is -2.11. The van der Waals surface area contributed by atoms with Crippen LogP contribution in [-0.4, -0.2) is 11.0 Å². The third kappa shape index (κ3) is 3.30. The van der Waals surface area contributed by atoms with E-state index in [4.69, 9.17) is 0 Å². The number of hydrogen-bond donors (Lipinski definition) is 0. The van der Waals surface area contributed by atoms with Crippen LogP contribution < -0.4 is 0 Å². The normalized spacial score (nSPS) is 12.5. The second-order valence-corrected chi connectivity index (χ2v) is 4.44. The number of carbonyl (C=O) groups is 1. The second kappa shape index (κ2) is 5.26. The number of benzene rings is 1. The van der Waals surface area contributed by atoms with Gasteiger partial charge in [0, 0.05) is 11.0 Å². The van der Waals surface area contributed by atoms with Gasteiger partial charge in [0.15, 0.2) is 0 Å². The minimum atomic E-state index is -0.611. The standard InChI is InChI=1S/C11H12F2OS/c1-3-10(7(2)14)15-11-5-4-8(12)6-9(11)13/h4-6,10H,3H2,1-2H3. The summed E-state index contributed by atoms with van der Waals surface area (Å²) in [5.74, 6) is -1.21. The molecular weight excluding hydrogens is 218 g/mol. The molecule has 0 N–H and O–H groups in total. The molecule has 0 heterocycles. The summed E-state index contributed by atoms with van der Waals surface area (Å²) in [7, 11) is 0. The minimum absolute atomic E-state index is 0.00576. The van der Waals surface area contributed by atoms with Gasteiger partial charge in [0.25, 0.3) is 0 Å². The molecule has 1 unspecified atom stereocenters. The highest BCUT2D eigenvalue weighted by Crippen LogP contribution is 2.28. The van der Waals surface area contributed by atoms with Gasteiger partial charge in [-0.2, -0.15) is 0 Å². The number of carbonyl (C=O) groups excluding carboxylic acids is 1. The van der Waals surface area contributed by atoms with Crippen LogP contribution in [0.15, 0.2) is 23.1 Å². The Labute approximate surface area is 91.9 Å². The van der Waals surface area contributed by atoms with Crippen LogP contribution in [0.25, 0.3) is 0 Å². The van der Waals surface area contributed by atoms with Crippen molar-refractivity contribution in [1.29, 1.82) is 0 Å². The molecule has 1 nitrogen and oxygen atoms in total. The zero-order valence-electron chi connectivity index (χ0n) is 8.59. The van der Waals surface area contributed by atoms with Crippen molar-refractivity contribution in [2.45, 2.75) is 30.4 Å². The Balaban J connectivity index is 2.84. The van der Waals surface area contributed by atoms with Crippen molar-refractivity contribution >= 4 is 17.5 Å². The van der Waals surface area contributed by atoms with E-state index in [2.05, 4.69) is 0 Å². The lowest BCUT2D eigenvalue weighted by atomic mass is 10.2. The quantitative estimate of drug-likeness (QED) is 0.737. The highest BCUT2D eigenvalue weighted by Gasteiger charge is 2.15. The Bertz CT molecular complexity index is 366. The Morgan fingerprint density at radius 1 is 1.47 bits per heavy atom. The molecule has 0 aliphatic carbocycles. The van der Waals surface area contributed by atoms with Gasteiger partial charge in [0.2, 0.25) is 0 Å². The molecule has 0 saturated heterocycles. The van der Waals surface area contributed by atoms with Crippen molar-refractivity contribution < 1.29 is 13.6 Å². The molecule has 1 atom stereocenters. The maximum absolute atomic E-state index is 13.2. The Hall–Kier alpha value is -0.900. The van der Waals surface area contributed by atoms with Crippen LogP contribution in [0.1, 0.15) is 20.3 Å². The van der Waals surface area contributed by atoms with E-state index >= 15 is 0 Å². The average Bonchev–Trinajstić information content (AvgIpc) is 2.16. The fourth-order valence-electron chi connectivity index (χ4n) is 1.18. The van der Waals surface area contributed by atoms with Gasteiger partial charge in [-0.15, -0.1) is 11.8 Å². The predicted octanol–water partition coefficient (Wildman–Crippen LogP) is 3.42. The molecule has 0 spiro atoms. The van der Waals surface area contributed by atoms with Gasteiger partial charge in [0.1, 0.15) is 17.4 Å². The lowest BCUT2D eigenvalue weighted by Crippen LogP contribution is -2.12. The summed E-state index contributed by atoms with van der Waals surface area (Å²) < 4.78 is 25.8. The molecule has 0 radical (unpaired) electrons. The molecule has 15 heavy (non-hydrogen) atoms. The first-order valence-corrected chi connectivity index (χ1v) is 5.54. The maximum atomic E-state index is 13.2. The van der Waals surface area contributed by atoms with Crippen LogP contribution in [-0.2, 0) is 4.79 Å². The molecule has 1 aromatic rings. The van der Waals surface area contributed by atoms with E-state index in [1.165, 1.54) is 19.1 Å². The molecule has 0 aromatic heterocycles. The zero-order valence-corrected chi connectivity index (χ0v) is 9.41.